The highest BCUT2D eigenvalue weighted by Gasteiger charge is 2.10. The Morgan fingerprint density at radius 3 is 2.83 bits per heavy atom. The first kappa shape index (κ1) is 9.25. The zero-order valence-corrected chi connectivity index (χ0v) is 7.45. The molecule has 3 N–H and O–H groups in total. The lowest BCUT2D eigenvalue weighted by Crippen LogP contribution is -2.37. The maximum atomic E-state index is 5.58. The average molecular weight is 169 g/mol. The zero-order chi connectivity index (χ0) is 8.97. The van der Waals surface area contributed by atoms with Gasteiger partial charge in [0.2, 0.25) is 0 Å². The minimum Gasteiger partial charge on any atom is -0.472 e. The molecule has 0 fully saturated rings. The minimum absolute atomic E-state index is 0.138. The lowest BCUT2D eigenvalue weighted by Gasteiger charge is -2.20. The topological polar surface area (TPSA) is 54.4 Å². The second kappa shape index (κ2) is 4.25. The quantitative estimate of drug-likeness (QED) is 0.638. The summed E-state index contributed by atoms with van der Waals surface area (Å²) in [5.74, 6) is 0. The molecule has 1 rings (SSSR count). The summed E-state index contributed by atoms with van der Waals surface area (Å²) in [6, 6.07) is 2.05. The minimum atomic E-state index is 0.138. The summed E-state index contributed by atoms with van der Waals surface area (Å²) in [5, 5.41) is 1.88. The van der Waals surface area contributed by atoms with Crippen LogP contribution < -0.4 is 11.2 Å². The van der Waals surface area contributed by atoms with Crippen molar-refractivity contribution < 1.29 is 4.42 Å². The van der Waals surface area contributed by atoms with Gasteiger partial charge in [-0.2, -0.15) is 0 Å². The highest BCUT2D eigenvalue weighted by molar-refractivity contribution is 5.11. The van der Waals surface area contributed by atoms with Crippen molar-refractivity contribution in [3.63, 3.8) is 0 Å². The molecule has 1 unspecified atom stereocenters. The van der Waals surface area contributed by atoms with Crippen LogP contribution >= 0.6 is 0 Å². The van der Waals surface area contributed by atoms with Crippen LogP contribution in [0.4, 0.5) is 0 Å². The molecule has 68 valence electrons. The van der Waals surface area contributed by atoms with E-state index in [0.29, 0.717) is 6.54 Å². The van der Waals surface area contributed by atoms with E-state index in [1.165, 1.54) is 0 Å². The van der Waals surface area contributed by atoms with Gasteiger partial charge in [-0.1, -0.05) is 0 Å². The molecule has 1 heterocycles. The van der Waals surface area contributed by atoms with Crippen LogP contribution in [0.5, 0.6) is 0 Å². The SMILES string of the molecule is CN(C)NC(CN)c1ccoc1. The van der Waals surface area contributed by atoms with Crippen molar-refractivity contribution in [1.29, 1.82) is 0 Å². The Bertz CT molecular complexity index is 208. The number of furan rings is 1. The summed E-state index contributed by atoms with van der Waals surface area (Å²) in [4.78, 5) is 0. The van der Waals surface area contributed by atoms with Crippen molar-refractivity contribution in [2.45, 2.75) is 6.04 Å². The van der Waals surface area contributed by atoms with Gasteiger partial charge >= 0.3 is 0 Å². The summed E-state index contributed by atoms with van der Waals surface area (Å²) in [7, 11) is 3.87. The Morgan fingerprint density at radius 2 is 2.42 bits per heavy atom. The molecule has 0 amide bonds. The monoisotopic (exact) mass is 169 g/mol. The molecular weight excluding hydrogens is 154 g/mol. The third-order valence-electron chi connectivity index (χ3n) is 1.60. The number of hydrazine groups is 1. The molecule has 0 saturated carbocycles. The predicted molar refractivity (Wildman–Crippen MR) is 47.3 cm³/mol. The number of hydrogen-bond donors (Lipinski definition) is 2. The second-order valence-corrected chi connectivity index (χ2v) is 2.87. The van der Waals surface area contributed by atoms with Crippen molar-refractivity contribution in [3.05, 3.63) is 24.2 Å². The maximum absolute atomic E-state index is 5.58. The number of nitrogens with one attached hydrogen (secondary N) is 1. The molecule has 0 radical (unpaired) electrons. The summed E-state index contributed by atoms with van der Waals surface area (Å²) in [6.07, 6.45) is 3.35. The van der Waals surface area contributed by atoms with Crippen LogP contribution in [0.3, 0.4) is 0 Å². The van der Waals surface area contributed by atoms with Crippen LogP contribution in [0.1, 0.15) is 11.6 Å². The van der Waals surface area contributed by atoms with Crippen LogP contribution in [0.2, 0.25) is 0 Å². The van der Waals surface area contributed by atoms with Crippen molar-refractivity contribution in [2.24, 2.45) is 5.73 Å². The van der Waals surface area contributed by atoms with Gasteiger partial charge in [-0.3, -0.25) is 0 Å². The van der Waals surface area contributed by atoms with E-state index < -0.39 is 0 Å². The van der Waals surface area contributed by atoms with Gasteiger partial charge in [0.15, 0.2) is 0 Å². The Labute approximate surface area is 72.3 Å². The molecule has 1 atom stereocenters. The van der Waals surface area contributed by atoms with Crippen LogP contribution in [-0.2, 0) is 0 Å². The van der Waals surface area contributed by atoms with Gasteiger partial charge in [-0.25, -0.2) is 10.4 Å². The standard InChI is InChI=1S/C8H15N3O/c1-11(2)10-8(5-9)7-3-4-12-6-7/h3-4,6,8,10H,5,9H2,1-2H3. The highest BCUT2D eigenvalue weighted by Crippen LogP contribution is 2.11. The molecular formula is C8H15N3O. The number of rotatable bonds is 4. The number of nitrogens with two attached hydrogens (primary N) is 1. The van der Waals surface area contributed by atoms with E-state index in [0.717, 1.165) is 5.56 Å². The predicted octanol–water partition coefficient (Wildman–Crippen LogP) is 0.346. The summed E-state index contributed by atoms with van der Waals surface area (Å²) >= 11 is 0. The molecule has 0 aliphatic heterocycles. The first-order chi connectivity index (χ1) is 5.74. The van der Waals surface area contributed by atoms with Crippen LogP contribution in [0, 0.1) is 0 Å². The van der Waals surface area contributed by atoms with Crippen molar-refractivity contribution in [3.8, 4) is 0 Å². The number of hydrogen-bond acceptors (Lipinski definition) is 4. The summed E-state index contributed by atoms with van der Waals surface area (Å²) in [5.41, 5.74) is 9.84. The largest absolute Gasteiger partial charge is 0.472 e. The van der Waals surface area contributed by atoms with Gasteiger partial charge in [0.1, 0.15) is 0 Å². The molecule has 0 aliphatic carbocycles. The van der Waals surface area contributed by atoms with Gasteiger partial charge in [0.05, 0.1) is 18.6 Å². The average Bonchev–Trinajstić information content (AvgIpc) is 2.51. The maximum Gasteiger partial charge on any atom is 0.0951 e. The molecule has 1 aromatic heterocycles. The lowest BCUT2D eigenvalue weighted by molar-refractivity contribution is 0.245. The third kappa shape index (κ3) is 2.34. The Kier molecular flexibility index (Phi) is 3.28. The lowest BCUT2D eigenvalue weighted by atomic mass is 10.2. The van der Waals surface area contributed by atoms with E-state index >= 15 is 0 Å². The Balaban J connectivity index is 2.57. The first-order valence-electron chi connectivity index (χ1n) is 3.89. The summed E-state index contributed by atoms with van der Waals surface area (Å²) < 4.78 is 4.96. The molecule has 0 aliphatic rings. The molecule has 0 aromatic carbocycles. The van der Waals surface area contributed by atoms with Crippen LogP contribution in [0.25, 0.3) is 0 Å². The molecule has 0 spiro atoms. The first-order valence-corrected chi connectivity index (χ1v) is 3.89. The van der Waals surface area contributed by atoms with Crippen LogP contribution in [-0.4, -0.2) is 25.6 Å². The van der Waals surface area contributed by atoms with E-state index in [-0.39, 0.29) is 6.04 Å². The van der Waals surface area contributed by atoms with Gasteiger partial charge in [-0.05, 0) is 6.07 Å². The zero-order valence-electron chi connectivity index (χ0n) is 7.45. The normalized spacial score (nSPS) is 13.7. The van der Waals surface area contributed by atoms with Crippen molar-refractivity contribution in [1.82, 2.24) is 10.4 Å². The van der Waals surface area contributed by atoms with Crippen LogP contribution in [0.15, 0.2) is 23.0 Å². The fourth-order valence-electron chi connectivity index (χ4n) is 1.05. The van der Waals surface area contributed by atoms with E-state index in [1.54, 1.807) is 12.5 Å². The van der Waals surface area contributed by atoms with E-state index in [1.807, 2.05) is 25.2 Å². The molecule has 12 heavy (non-hydrogen) atoms. The number of nitrogens with zero attached hydrogens (tertiary/aromatic N) is 1. The molecule has 1 aromatic rings. The van der Waals surface area contributed by atoms with Gasteiger partial charge < -0.3 is 10.2 Å². The van der Waals surface area contributed by atoms with E-state index in [2.05, 4.69) is 5.43 Å². The highest BCUT2D eigenvalue weighted by atomic mass is 16.3. The molecule has 0 saturated heterocycles. The van der Waals surface area contributed by atoms with Gasteiger partial charge in [-0.15, -0.1) is 0 Å². The van der Waals surface area contributed by atoms with E-state index in [4.69, 9.17) is 10.2 Å². The molecule has 0 bridgehead atoms. The van der Waals surface area contributed by atoms with Gasteiger partial charge in [0, 0.05) is 26.2 Å². The Hall–Kier alpha value is -0.840. The molecule has 4 heteroatoms. The van der Waals surface area contributed by atoms with Gasteiger partial charge in [0.25, 0.3) is 0 Å². The smallest absolute Gasteiger partial charge is 0.0951 e. The fraction of sp³-hybridized carbons (Fsp3) is 0.500. The fourth-order valence-corrected chi connectivity index (χ4v) is 1.05. The Morgan fingerprint density at radius 1 is 1.67 bits per heavy atom. The van der Waals surface area contributed by atoms with Crippen molar-refractivity contribution in [2.75, 3.05) is 20.6 Å². The third-order valence-corrected chi connectivity index (χ3v) is 1.60. The summed E-state index contributed by atoms with van der Waals surface area (Å²) in [6.45, 7) is 0.553. The van der Waals surface area contributed by atoms with E-state index in [9.17, 15) is 0 Å². The second-order valence-electron chi connectivity index (χ2n) is 2.87. The van der Waals surface area contributed by atoms with Crippen molar-refractivity contribution >= 4 is 0 Å². The molecule has 4 nitrogen and oxygen atoms in total.